The lowest BCUT2D eigenvalue weighted by molar-refractivity contribution is 0.0636. The molecule has 21 heavy (non-hydrogen) atoms. The van der Waals surface area contributed by atoms with E-state index in [4.69, 9.17) is 4.74 Å². The lowest BCUT2D eigenvalue weighted by atomic mass is 9.98. The van der Waals surface area contributed by atoms with Gasteiger partial charge in [-0.1, -0.05) is 6.07 Å². The number of phenols is 1. The van der Waals surface area contributed by atoms with Crippen LogP contribution in [0, 0.1) is 5.92 Å². The van der Waals surface area contributed by atoms with Crippen molar-refractivity contribution < 1.29 is 14.6 Å². The first-order chi connectivity index (χ1) is 9.83. The van der Waals surface area contributed by atoms with Crippen molar-refractivity contribution in [3.8, 4) is 5.75 Å². The molecule has 0 aliphatic carbocycles. The summed E-state index contributed by atoms with van der Waals surface area (Å²) >= 11 is 0. The first-order valence-electron chi connectivity index (χ1n) is 7.36. The molecule has 5 nitrogen and oxygen atoms in total. The van der Waals surface area contributed by atoms with Crippen molar-refractivity contribution >= 4 is 11.8 Å². The SMILES string of the molecule is CC(C)(C)OC(=O)Nc1ccc(CC2CCNC2)c(O)c1. The van der Waals surface area contributed by atoms with Crippen LogP contribution in [-0.4, -0.2) is 29.9 Å². The molecule has 5 heteroatoms. The zero-order valence-corrected chi connectivity index (χ0v) is 12.9. The topological polar surface area (TPSA) is 70.6 Å². The van der Waals surface area contributed by atoms with Crippen LogP contribution in [0.4, 0.5) is 10.5 Å². The molecule has 1 saturated heterocycles. The number of ether oxygens (including phenoxy) is 1. The van der Waals surface area contributed by atoms with Crippen LogP contribution in [0.1, 0.15) is 32.8 Å². The average molecular weight is 292 g/mol. The highest BCUT2D eigenvalue weighted by molar-refractivity contribution is 5.85. The molecule has 0 saturated carbocycles. The molecular weight excluding hydrogens is 268 g/mol. The van der Waals surface area contributed by atoms with Gasteiger partial charge in [0.25, 0.3) is 0 Å². The quantitative estimate of drug-likeness (QED) is 0.801. The molecule has 1 fully saturated rings. The number of rotatable bonds is 3. The smallest absolute Gasteiger partial charge is 0.412 e. The molecule has 1 aromatic carbocycles. The Morgan fingerprint density at radius 1 is 1.48 bits per heavy atom. The lowest BCUT2D eigenvalue weighted by Gasteiger charge is -2.20. The molecule has 1 amide bonds. The summed E-state index contributed by atoms with van der Waals surface area (Å²) in [4.78, 5) is 11.7. The second-order valence-corrected chi connectivity index (χ2v) is 6.53. The third kappa shape index (κ3) is 4.93. The predicted molar refractivity (Wildman–Crippen MR) is 82.6 cm³/mol. The minimum Gasteiger partial charge on any atom is -0.508 e. The van der Waals surface area contributed by atoms with Gasteiger partial charge in [0.15, 0.2) is 0 Å². The molecule has 0 radical (unpaired) electrons. The Morgan fingerprint density at radius 3 is 2.81 bits per heavy atom. The van der Waals surface area contributed by atoms with Gasteiger partial charge in [-0.2, -0.15) is 0 Å². The van der Waals surface area contributed by atoms with Crippen LogP contribution < -0.4 is 10.6 Å². The van der Waals surface area contributed by atoms with Gasteiger partial charge in [-0.3, -0.25) is 5.32 Å². The largest absolute Gasteiger partial charge is 0.508 e. The van der Waals surface area contributed by atoms with E-state index in [0.29, 0.717) is 11.6 Å². The van der Waals surface area contributed by atoms with E-state index in [1.54, 1.807) is 12.1 Å². The number of benzene rings is 1. The van der Waals surface area contributed by atoms with Crippen LogP contribution in [-0.2, 0) is 11.2 Å². The summed E-state index contributed by atoms with van der Waals surface area (Å²) in [5.74, 6) is 0.788. The average Bonchev–Trinajstić information content (AvgIpc) is 2.83. The van der Waals surface area contributed by atoms with Gasteiger partial charge < -0.3 is 15.2 Å². The number of hydrogen-bond donors (Lipinski definition) is 3. The summed E-state index contributed by atoms with van der Waals surface area (Å²) in [6.07, 6.45) is 1.47. The van der Waals surface area contributed by atoms with Crippen molar-refractivity contribution in [1.29, 1.82) is 0 Å². The maximum atomic E-state index is 11.7. The van der Waals surface area contributed by atoms with Gasteiger partial charge in [0, 0.05) is 11.8 Å². The molecule has 116 valence electrons. The van der Waals surface area contributed by atoms with E-state index in [9.17, 15) is 9.90 Å². The van der Waals surface area contributed by atoms with Crippen LogP contribution in [0.5, 0.6) is 5.75 Å². The molecule has 2 rings (SSSR count). The second-order valence-electron chi connectivity index (χ2n) is 6.53. The van der Waals surface area contributed by atoms with Gasteiger partial charge in [0.1, 0.15) is 11.4 Å². The number of aromatic hydroxyl groups is 1. The highest BCUT2D eigenvalue weighted by Gasteiger charge is 2.18. The number of phenolic OH excluding ortho intramolecular Hbond substituents is 1. The monoisotopic (exact) mass is 292 g/mol. The molecule has 0 bridgehead atoms. The first-order valence-corrected chi connectivity index (χ1v) is 7.36. The Hall–Kier alpha value is -1.75. The second kappa shape index (κ2) is 6.35. The van der Waals surface area contributed by atoms with Gasteiger partial charge in [0.05, 0.1) is 0 Å². The van der Waals surface area contributed by atoms with Crippen molar-refractivity contribution in [2.75, 3.05) is 18.4 Å². The summed E-state index contributed by atoms with van der Waals surface area (Å²) in [6, 6.07) is 5.23. The molecule has 1 aliphatic heterocycles. The normalized spacial score (nSPS) is 18.5. The predicted octanol–water partition coefficient (Wildman–Crippen LogP) is 2.89. The standard InChI is InChI=1S/C16H24N2O3/c1-16(2,3)21-15(20)18-13-5-4-12(14(19)9-13)8-11-6-7-17-10-11/h4-5,9,11,17,19H,6-8,10H2,1-3H3,(H,18,20). The van der Waals surface area contributed by atoms with E-state index in [1.165, 1.54) is 0 Å². The van der Waals surface area contributed by atoms with Crippen LogP contribution in [0.15, 0.2) is 18.2 Å². The van der Waals surface area contributed by atoms with Crippen molar-refractivity contribution in [3.63, 3.8) is 0 Å². The molecule has 1 aliphatic rings. The van der Waals surface area contributed by atoms with Crippen LogP contribution in [0.2, 0.25) is 0 Å². The highest BCUT2D eigenvalue weighted by Crippen LogP contribution is 2.26. The van der Waals surface area contributed by atoms with Gasteiger partial charge in [-0.05, 0) is 64.3 Å². The minimum atomic E-state index is -0.540. The fourth-order valence-corrected chi connectivity index (χ4v) is 2.44. The zero-order chi connectivity index (χ0) is 15.5. The third-order valence-electron chi connectivity index (χ3n) is 3.40. The zero-order valence-electron chi connectivity index (χ0n) is 12.9. The molecule has 1 unspecified atom stereocenters. The van der Waals surface area contributed by atoms with E-state index in [2.05, 4.69) is 10.6 Å². The molecular formula is C16H24N2O3. The van der Waals surface area contributed by atoms with Crippen LogP contribution in [0.25, 0.3) is 0 Å². The minimum absolute atomic E-state index is 0.218. The van der Waals surface area contributed by atoms with Crippen molar-refractivity contribution in [1.82, 2.24) is 5.32 Å². The van der Waals surface area contributed by atoms with Crippen LogP contribution >= 0.6 is 0 Å². The summed E-state index contributed by atoms with van der Waals surface area (Å²) < 4.78 is 5.18. The lowest BCUT2D eigenvalue weighted by Crippen LogP contribution is -2.27. The number of hydrogen-bond acceptors (Lipinski definition) is 4. The molecule has 1 aromatic rings. The summed E-state index contributed by atoms with van der Waals surface area (Å²) in [5.41, 5.74) is 0.912. The van der Waals surface area contributed by atoms with E-state index >= 15 is 0 Å². The number of amides is 1. The molecule has 1 heterocycles. The molecule has 0 spiro atoms. The fourth-order valence-electron chi connectivity index (χ4n) is 2.44. The first kappa shape index (κ1) is 15.6. The molecule has 1 atom stereocenters. The fraction of sp³-hybridized carbons (Fsp3) is 0.562. The Morgan fingerprint density at radius 2 is 2.24 bits per heavy atom. The summed E-state index contributed by atoms with van der Waals surface area (Å²) in [6.45, 7) is 7.47. The summed E-state index contributed by atoms with van der Waals surface area (Å²) in [7, 11) is 0. The third-order valence-corrected chi connectivity index (χ3v) is 3.40. The number of nitrogens with one attached hydrogen (secondary N) is 2. The Kier molecular flexibility index (Phi) is 4.73. The number of carbonyl (C=O) groups excluding carboxylic acids is 1. The Bertz CT molecular complexity index is 503. The molecule has 3 N–H and O–H groups in total. The maximum Gasteiger partial charge on any atom is 0.412 e. The van der Waals surface area contributed by atoms with Crippen molar-refractivity contribution in [2.45, 2.75) is 39.2 Å². The van der Waals surface area contributed by atoms with Gasteiger partial charge in [0.2, 0.25) is 0 Å². The van der Waals surface area contributed by atoms with E-state index in [1.807, 2.05) is 26.8 Å². The number of carbonyl (C=O) groups is 1. The van der Waals surface area contributed by atoms with E-state index in [-0.39, 0.29) is 5.75 Å². The van der Waals surface area contributed by atoms with Crippen LogP contribution in [0.3, 0.4) is 0 Å². The van der Waals surface area contributed by atoms with Gasteiger partial charge in [-0.15, -0.1) is 0 Å². The van der Waals surface area contributed by atoms with Crippen molar-refractivity contribution in [2.24, 2.45) is 5.92 Å². The number of anilines is 1. The molecule has 0 aromatic heterocycles. The van der Waals surface area contributed by atoms with Crippen molar-refractivity contribution in [3.05, 3.63) is 23.8 Å². The maximum absolute atomic E-state index is 11.7. The van der Waals surface area contributed by atoms with Gasteiger partial charge >= 0.3 is 6.09 Å². The highest BCUT2D eigenvalue weighted by atomic mass is 16.6. The Balaban J connectivity index is 1.96. The Labute approximate surface area is 125 Å². The van der Waals surface area contributed by atoms with Gasteiger partial charge in [-0.25, -0.2) is 4.79 Å². The van der Waals surface area contributed by atoms with E-state index < -0.39 is 11.7 Å². The summed E-state index contributed by atoms with van der Waals surface area (Å²) in [5, 5.41) is 16.0. The van der Waals surface area contributed by atoms with E-state index in [0.717, 1.165) is 31.5 Å².